The van der Waals surface area contributed by atoms with E-state index in [0.29, 0.717) is 27.4 Å². The summed E-state index contributed by atoms with van der Waals surface area (Å²) in [4.78, 5) is 26.3. The highest BCUT2D eigenvalue weighted by Crippen LogP contribution is 2.25. The van der Waals surface area contributed by atoms with E-state index in [0.717, 1.165) is 22.3 Å². The van der Waals surface area contributed by atoms with Gasteiger partial charge in [-0.3, -0.25) is 0 Å². The fraction of sp³-hybridized carbons (Fsp3) is 0.281. The van der Waals surface area contributed by atoms with E-state index in [4.69, 9.17) is 47.3 Å². The Morgan fingerprint density at radius 3 is 1.57 bits per heavy atom. The van der Waals surface area contributed by atoms with Gasteiger partial charge in [0, 0.05) is 15.6 Å². The fourth-order valence-corrected chi connectivity index (χ4v) is 3.60. The number of aromatic nitrogens is 1. The summed E-state index contributed by atoms with van der Waals surface area (Å²) in [6, 6.07) is 22.6. The molecule has 8 nitrogen and oxygen atoms in total. The minimum absolute atomic E-state index is 0.0473. The van der Waals surface area contributed by atoms with Gasteiger partial charge in [-0.05, 0) is 87.7 Å². The number of aliphatic carboxylic acids is 2. The van der Waals surface area contributed by atoms with Crippen LogP contribution in [0, 0.1) is 6.92 Å². The number of carboxylic acids is 2. The topological polar surface area (TPSA) is 119 Å². The average Bonchev–Trinajstić information content (AvgIpc) is 3.32. The van der Waals surface area contributed by atoms with Crippen LogP contribution in [0.15, 0.2) is 77.2 Å². The second-order valence-electron chi connectivity index (χ2n) is 10.4. The largest absolute Gasteiger partial charge is 0.479 e. The minimum atomic E-state index is -1.28. The van der Waals surface area contributed by atoms with E-state index >= 15 is 0 Å². The molecular weight excluding hydrogens is 581 g/mol. The first-order chi connectivity index (χ1) is 19.7. The predicted molar refractivity (Wildman–Crippen MR) is 162 cm³/mol. The molecule has 222 valence electrons. The van der Waals surface area contributed by atoms with Gasteiger partial charge in [0.25, 0.3) is 0 Å². The van der Waals surface area contributed by atoms with Crippen LogP contribution in [0.3, 0.4) is 0 Å². The van der Waals surface area contributed by atoms with Gasteiger partial charge in [-0.15, -0.1) is 0 Å². The Morgan fingerprint density at radius 2 is 1.12 bits per heavy atom. The molecule has 4 rings (SSSR count). The van der Waals surface area contributed by atoms with Crippen LogP contribution >= 0.6 is 23.2 Å². The number of halogens is 2. The number of carboxylic acid groups (broad SMARTS) is 2. The Morgan fingerprint density at radius 1 is 0.714 bits per heavy atom. The number of hydrogen-bond acceptors (Lipinski definition) is 6. The molecule has 42 heavy (non-hydrogen) atoms. The van der Waals surface area contributed by atoms with Crippen molar-refractivity contribution in [3.05, 3.63) is 99.9 Å². The van der Waals surface area contributed by atoms with Crippen molar-refractivity contribution in [2.24, 2.45) is 0 Å². The van der Waals surface area contributed by atoms with Crippen molar-refractivity contribution in [2.45, 2.75) is 59.0 Å². The molecule has 0 saturated heterocycles. The Labute approximate surface area is 254 Å². The molecule has 0 amide bonds. The summed E-state index contributed by atoms with van der Waals surface area (Å²) >= 11 is 11.7. The van der Waals surface area contributed by atoms with Crippen molar-refractivity contribution < 1.29 is 33.7 Å². The zero-order valence-electron chi connectivity index (χ0n) is 24.0. The third-order valence-electron chi connectivity index (χ3n) is 6.31. The highest BCUT2D eigenvalue weighted by atomic mass is 35.5. The monoisotopic (exact) mass is 613 g/mol. The Bertz CT molecular complexity index is 1490. The Hall–Kier alpha value is -3.69. The maximum absolute atomic E-state index is 11.0. The van der Waals surface area contributed by atoms with Gasteiger partial charge in [0.1, 0.15) is 6.61 Å². The maximum Gasteiger partial charge on any atom is 0.335 e. The molecule has 0 saturated carbocycles. The molecule has 4 aromatic rings. The van der Waals surface area contributed by atoms with Crippen molar-refractivity contribution in [3.8, 4) is 22.6 Å². The molecule has 10 heteroatoms. The molecule has 0 fully saturated rings. The number of oxazole rings is 1. The highest BCUT2D eigenvalue weighted by Gasteiger charge is 2.29. The predicted octanol–water partition coefficient (Wildman–Crippen LogP) is 8.07. The standard InChI is InChI=1S/C17H17ClO3.C15H16ClNO4/c1-17(2,16(19)20)21-11-12-3-5-13(6-4-12)14-7-9-15(18)10-8-14;1-9-12(8-20-15(2,3)14(18)19)21-13(17-9)10-4-6-11(16)7-5-10/h3-10H,11H2,1-2H3,(H,19,20);4-7H,8H2,1-3H3,(H,18,19). The summed E-state index contributed by atoms with van der Waals surface area (Å²) in [6.45, 7) is 8.15. The lowest BCUT2D eigenvalue weighted by Crippen LogP contribution is -2.34. The Balaban J connectivity index is 0.000000230. The molecule has 0 radical (unpaired) electrons. The molecular formula is C32H33Cl2NO7. The van der Waals surface area contributed by atoms with Crippen LogP contribution in [0.1, 0.15) is 44.7 Å². The van der Waals surface area contributed by atoms with E-state index in [9.17, 15) is 9.59 Å². The van der Waals surface area contributed by atoms with E-state index in [2.05, 4.69) is 4.98 Å². The second kappa shape index (κ2) is 14.0. The number of aryl methyl sites for hydroxylation is 1. The SMILES string of the molecule is CC(C)(OCc1ccc(-c2ccc(Cl)cc2)cc1)C(=O)O.Cc1nc(-c2ccc(Cl)cc2)oc1COC(C)(C)C(=O)O. The first-order valence-electron chi connectivity index (χ1n) is 13.0. The van der Waals surface area contributed by atoms with E-state index in [1.165, 1.54) is 27.7 Å². The zero-order valence-corrected chi connectivity index (χ0v) is 25.5. The molecule has 0 aliphatic heterocycles. The van der Waals surface area contributed by atoms with Crippen molar-refractivity contribution in [3.63, 3.8) is 0 Å². The van der Waals surface area contributed by atoms with Gasteiger partial charge in [0.2, 0.25) is 5.89 Å². The maximum atomic E-state index is 11.0. The van der Waals surface area contributed by atoms with Crippen LogP contribution in [-0.2, 0) is 32.3 Å². The van der Waals surface area contributed by atoms with Crippen LogP contribution in [0.2, 0.25) is 10.0 Å². The zero-order chi connectivity index (χ0) is 31.1. The average molecular weight is 615 g/mol. The van der Waals surface area contributed by atoms with Crippen molar-refractivity contribution in [1.29, 1.82) is 0 Å². The number of ether oxygens (including phenoxy) is 2. The van der Waals surface area contributed by atoms with Gasteiger partial charge in [-0.1, -0.05) is 59.6 Å². The first-order valence-corrected chi connectivity index (χ1v) is 13.8. The minimum Gasteiger partial charge on any atom is -0.479 e. The molecule has 0 aliphatic carbocycles. The van der Waals surface area contributed by atoms with Gasteiger partial charge in [0.05, 0.1) is 12.3 Å². The summed E-state index contributed by atoms with van der Waals surface area (Å²) in [6.07, 6.45) is 0. The molecule has 1 heterocycles. The van der Waals surface area contributed by atoms with Gasteiger partial charge >= 0.3 is 11.9 Å². The molecule has 0 atom stereocenters. The van der Waals surface area contributed by atoms with Gasteiger partial charge in [-0.25, -0.2) is 14.6 Å². The summed E-state index contributed by atoms with van der Waals surface area (Å²) in [5, 5.41) is 19.4. The highest BCUT2D eigenvalue weighted by molar-refractivity contribution is 6.30. The van der Waals surface area contributed by atoms with Gasteiger partial charge in [0.15, 0.2) is 17.0 Å². The number of rotatable bonds is 10. The van der Waals surface area contributed by atoms with Crippen molar-refractivity contribution in [2.75, 3.05) is 0 Å². The van der Waals surface area contributed by atoms with Crippen LogP contribution in [0.4, 0.5) is 0 Å². The number of nitrogens with zero attached hydrogens (tertiary/aromatic N) is 1. The molecule has 2 N–H and O–H groups in total. The molecule has 0 aliphatic rings. The van der Waals surface area contributed by atoms with Gasteiger partial charge < -0.3 is 24.1 Å². The van der Waals surface area contributed by atoms with Gasteiger partial charge in [-0.2, -0.15) is 0 Å². The van der Waals surface area contributed by atoms with E-state index < -0.39 is 23.1 Å². The van der Waals surface area contributed by atoms with Crippen LogP contribution in [0.25, 0.3) is 22.6 Å². The van der Waals surface area contributed by atoms with Crippen LogP contribution in [0.5, 0.6) is 0 Å². The number of carbonyl (C=O) groups is 2. The van der Waals surface area contributed by atoms with E-state index in [1.807, 2.05) is 48.5 Å². The smallest absolute Gasteiger partial charge is 0.335 e. The summed E-state index contributed by atoms with van der Waals surface area (Å²) < 4.78 is 16.4. The molecule has 0 unspecified atom stereocenters. The fourth-order valence-electron chi connectivity index (χ4n) is 3.35. The summed E-state index contributed by atoms with van der Waals surface area (Å²) in [5.41, 5.74) is 2.09. The molecule has 3 aromatic carbocycles. The molecule has 1 aromatic heterocycles. The van der Waals surface area contributed by atoms with E-state index in [1.54, 1.807) is 31.2 Å². The quantitative estimate of drug-likeness (QED) is 0.184. The lowest BCUT2D eigenvalue weighted by atomic mass is 10.0. The summed E-state index contributed by atoms with van der Waals surface area (Å²) in [7, 11) is 0. The van der Waals surface area contributed by atoms with Crippen LogP contribution < -0.4 is 0 Å². The van der Waals surface area contributed by atoms with Crippen LogP contribution in [-0.4, -0.2) is 38.3 Å². The van der Waals surface area contributed by atoms with E-state index in [-0.39, 0.29) is 13.2 Å². The lowest BCUT2D eigenvalue weighted by molar-refractivity contribution is -0.163. The van der Waals surface area contributed by atoms with Crippen molar-refractivity contribution >= 4 is 35.1 Å². The first kappa shape index (κ1) is 32.8. The van der Waals surface area contributed by atoms with Crippen molar-refractivity contribution in [1.82, 2.24) is 4.98 Å². The lowest BCUT2D eigenvalue weighted by Gasteiger charge is -2.20. The Kier molecular flexibility index (Phi) is 10.9. The molecule has 0 bridgehead atoms. The second-order valence-corrected chi connectivity index (χ2v) is 11.3. The third-order valence-corrected chi connectivity index (χ3v) is 6.81. The molecule has 0 spiro atoms. The number of hydrogen-bond donors (Lipinski definition) is 2. The third kappa shape index (κ3) is 9.16. The number of benzene rings is 3. The summed E-state index contributed by atoms with van der Waals surface area (Å²) in [5.74, 6) is -1.04. The normalized spacial score (nSPS) is 11.5.